The fraction of sp³-hybridized carbons (Fsp3) is 0.182. The Labute approximate surface area is 217 Å². The van der Waals surface area contributed by atoms with Crippen molar-refractivity contribution in [1.29, 1.82) is 10.5 Å². The summed E-state index contributed by atoms with van der Waals surface area (Å²) in [6.07, 6.45) is 22.3. The van der Waals surface area contributed by atoms with E-state index in [1.165, 1.54) is 28.1 Å². The molecule has 1 atom stereocenters. The average molecular weight is 479 g/mol. The van der Waals surface area contributed by atoms with Gasteiger partial charge in [-0.2, -0.15) is 10.5 Å². The van der Waals surface area contributed by atoms with Gasteiger partial charge in [0.1, 0.15) is 11.8 Å². The normalized spacial score (nSPS) is 22.6. The molecule has 1 unspecified atom stereocenters. The van der Waals surface area contributed by atoms with E-state index < -0.39 is 0 Å². The maximum Gasteiger partial charge on any atom is 0.141 e. The molecule has 4 nitrogen and oxygen atoms in total. The zero-order valence-electron chi connectivity index (χ0n) is 20.6. The first-order chi connectivity index (χ1) is 18.3. The van der Waals surface area contributed by atoms with Gasteiger partial charge in [0, 0.05) is 22.5 Å². The van der Waals surface area contributed by atoms with Crippen LogP contribution in [0.4, 0.5) is 0 Å². The summed E-state index contributed by atoms with van der Waals surface area (Å²) in [6.45, 7) is 0. The Bertz CT molecular complexity index is 1580. The number of nitriles is 2. The van der Waals surface area contributed by atoms with Crippen LogP contribution in [0, 0.1) is 22.7 Å². The van der Waals surface area contributed by atoms with Crippen molar-refractivity contribution < 1.29 is 0 Å². The monoisotopic (exact) mass is 478 g/mol. The molecule has 0 fully saturated rings. The summed E-state index contributed by atoms with van der Waals surface area (Å²) in [4.78, 5) is 7.14. The predicted octanol–water partition coefficient (Wildman–Crippen LogP) is 7.31. The summed E-state index contributed by atoms with van der Waals surface area (Å²) in [6, 6.07) is 18.6. The zero-order valence-corrected chi connectivity index (χ0v) is 20.6. The number of nitrogens with zero attached hydrogens (tertiary/aromatic N) is 4. The lowest BCUT2D eigenvalue weighted by Crippen LogP contribution is -2.33. The second kappa shape index (κ2) is 9.76. The minimum absolute atomic E-state index is 0.117. The number of rotatable bonds is 3. The van der Waals surface area contributed by atoms with E-state index in [2.05, 4.69) is 76.7 Å². The first-order valence-corrected chi connectivity index (χ1v) is 12.8. The van der Waals surface area contributed by atoms with Gasteiger partial charge in [0.2, 0.25) is 0 Å². The number of fused-ring (bicyclic) bond motifs is 3. The van der Waals surface area contributed by atoms with E-state index in [0.717, 1.165) is 48.9 Å². The molecule has 3 aliphatic carbocycles. The largest absolute Gasteiger partial charge is 0.337 e. The average Bonchev–Trinajstić information content (AvgIpc) is 3.06. The third-order valence-electron chi connectivity index (χ3n) is 7.39. The van der Waals surface area contributed by atoms with Gasteiger partial charge in [-0.05, 0) is 79.2 Å². The summed E-state index contributed by atoms with van der Waals surface area (Å²) < 4.78 is 0. The number of hydrogen-bond donors (Lipinski definition) is 0. The van der Waals surface area contributed by atoms with Crippen LogP contribution < -0.4 is 0 Å². The standard InChI is InChI=1S/C33H26N4/c34-21-23-16-18-26-19-17-24(20-23)27-9-3-5-14-32(27)37(26)33-15-6-4-12-30(33)28-10-1-2-11-29(28)31-13-7-8-25(22-35)36-31/h1-2,4-5,7-8,10-14,16-18,20,26H,3,6,9,15,19H2/b18-16-,23-20-. The summed E-state index contributed by atoms with van der Waals surface area (Å²) in [7, 11) is 0. The van der Waals surface area contributed by atoms with E-state index in [0.29, 0.717) is 11.3 Å². The third-order valence-corrected chi connectivity index (χ3v) is 7.39. The zero-order chi connectivity index (χ0) is 25.2. The van der Waals surface area contributed by atoms with Crippen molar-refractivity contribution in [3.63, 3.8) is 0 Å². The number of aromatic nitrogens is 1. The highest BCUT2D eigenvalue weighted by atomic mass is 15.2. The molecule has 0 N–H and O–H groups in total. The first-order valence-electron chi connectivity index (χ1n) is 12.8. The maximum absolute atomic E-state index is 9.72. The topological polar surface area (TPSA) is 63.7 Å². The Kier molecular flexibility index (Phi) is 6.01. The minimum Gasteiger partial charge on any atom is -0.337 e. The van der Waals surface area contributed by atoms with Gasteiger partial charge in [0.25, 0.3) is 0 Å². The Morgan fingerprint density at radius 2 is 1.70 bits per heavy atom. The van der Waals surface area contributed by atoms with Crippen LogP contribution in [-0.4, -0.2) is 15.9 Å². The van der Waals surface area contributed by atoms with Crippen molar-refractivity contribution >= 4 is 5.57 Å². The third kappa shape index (κ3) is 4.18. The van der Waals surface area contributed by atoms with Gasteiger partial charge in [-0.15, -0.1) is 0 Å². The van der Waals surface area contributed by atoms with E-state index >= 15 is 0 Å². The van der Waals surface area contributed by atoms with Crippen molar-refractivity contribution in [3.8, 4) is 23.4 Å². The van der Waals surface area contributed by atoms with E-state index in [1.54, 1.807) is 6.07 Å². The van der Waals surface area contributed by atoms with Crippen LogP contribution >= 0.6 is 0 Å². The highest BCUT2D eigenvalue weighted by molar-refractivity contribution is 5.87. The van der Waals surface area contributed by atoms with Gasteiger partial charge in [-0.1, -0.05) is 60.7 Å². The lowest BCUT2D eigenvalue weighted by molar-refractivity contribution is 0.360. The molecule has 4 aliphatic rings. The van der Waals surface area contributed by atoms with E-state index in [1.807, 2.05) is 30.4 Å². The fourth-order valence-electron chi connectivity index (χ4n) is 5.72. The Morgan fingerprint density at radius 1 is 0.865 bits per heavy atom. The number of pyridine rings is 1. The highest BCUT2D eigenvalue weighted by Crippen LogP contribution is 2.43. The van der Waals surface area contributed by atoms with Gasteiger partial charge in [0.05, 0.1) is 23.4 Å². The Hall–Kier alpha value is -4.67. The fourth-order valence-corrected chi connectivity index (χ4v) is 5.72. The molecule has 6 rings (SSSR count). The van der Waals surface area contributed by atoms with E-state index in [-0.39, 0.29) is 6.04 Å². The van der Waals surface area contributed by atoms with Gasteiger partial charge < -0.3 is 4.90 Å². The van der Waals surface area contributed by atoms with Crippen LogP contribution in [0.15, 0.2) is 119 Å². The molecule has 1 aromatic heterocycles. The molecule has 178 valence electrons. The van der Waals surface area contributed by atoms with Crippen molar-refractivity contribution in [2.75, 3.05) is 0 Å². The van der Waals surface area contributed by atoms with Crippen LogP contribution in [0.25, 0.3) is 16.8 Å². The minimum atomic E-state index is 0.117. The van der Waals surface area contributed by atoms with Crippen molar-refractivity contribution in [3.05, 3.63) is 130 Å². The molecule has 1 aliphatic heterocycles. The van der Waals surface area contributed by atoms with Crippen LogP contribution in [0.3, 0.4) is 0 Å². The summed E-state index contributed by atoms with van der Waals surface area (Å²) in [5, 5.41) is 19.2. The Balaban J connectivity index is 1.57. The smallest absolute Gasteiger partial charge is 0.141 e. The van der Waals surface area contributed by atoms with Crippen molar-refractivity contribution in [2.45, 2.75) is 38.1 Å². The van der Waals surface area contributed by atoms with Gasteiger partial charge >= 0.3 is 0 Å². The molecule has 0 radical (unpaired) electrons. The molecule has 2 heterocycles. The second-order valence-corrected chi connectivity index (χ2v) is 9.57. The molecule has 0 amide bonds. The van der Waals surface area contributed by atoms with Crippen LogP contribution in [0.1, 0.15) is 43.4 Å². The lowest BCUT2D eigenvalue weighted by atomic mass is 9.89. The van der Waals surface area contributed by atoms with E-state index in [4.69, 9.17) is 0 Å². The van der Waals surface area contributed by atoms with Crippen LogP contribution in [0.5, 0.6) is 0 Å². The molecule has 4 heteroatoms. The SMILES string of the molecule is N#CC1=C\C2=CCC(/C=C\1)N(C1=C(c3ccccc3-c3cccc(C#N)n3)C=CCC1)C1=C2CCC=C1. The molecule has 0 saturated carbocycles. The predicted molar refractivity (Wildman–Crippen MR) is 146 cm³/mol. The van der Waals surface area contributed by atoms with Crippen molar-refractivity contribution in [1.82, 2.24) is 9.88 Å². The highest BCUT2D eigenvalue weighted by Gasteiger charge is 2.31. The summed E-state index contributed by atoms with van der Waals surface area (Å²) in [5.74, 6) is 0. The summed E-state index contributed by atoms with van der Waals surface area (Å²) >= 11 is 0. The number of allylic oxidation sites excluding steroid dienone is 11. The lowest BCUT2D eigenvalue weighted by Gasteiger charge is -2.38. The quantitative estimate of drug-likeness (QED) is 0.464. The molecular formula is C33H26N4. The van der Waals surface area contributed by atoms with Crippen molar-refractivity contribution in [2.24, 2.45) is 0 Å². The van der Waals surface area contributed by atoms with Gasteiger partial charge in [-0.3, -0.25) is 0 Å². The molecular weight excluding hydrogens is 452 g/mol. The molecule has 37 heavy (non-hydrogen) atoms. The molecule has 0 spiro atoms. The number of hydrogen-bond acceptors (Lipinski definition) is 4. The first kappa shape index (κ1) is 22.8. The second-order valence-electron chi connectivity index (χ2n) is 9.57. The summed E-state index contributed by atoms with van der Waals surface area (Å²) in [5.41, 5.74) is 10.3. The number of benzene rings is 1. The van der Waals surface area contributed by atoms with E-state index in [9.17, 15) is 10.5 Å². The molecule has 1 aromatic carbocycles. The van der Waals surface area contributed by atoms with Crippen LogP contribution in [0.2, 0.25) is 0 Å². The van der Waals surface area contributed by atoms with Gasteiger partial charge in [-0.25, -0.2) is 4.98 Å². The molecule has 2 aromatic rings. The van der Waals surface area contributed by atoms with Crippen LogP contribution in [-0.2, 0) is 0 Å². The maximum atomic E-state index is 9.72. The van der Waals surface area contributed by atoms with Gasteiger partial charge in [0.15, 0.2) is 0 Å². The molecule has 0 saturated heterocycles. The molecule has 2 bridgehead atoms. The Morgan fingerprint density at radius 3 is 2.57 bits per heavy atom.